The first-order valence-corrected chi connectivity index (χ1v) is 12.5. The van der Waals surface area contributed by atoms with Crippen LogP contribution in [0, 0.1) is 13.8 Å². The zero-order valence-electron chi connectivity index (χ0n) is 21.9. The van der Waals surface area contributed by atoms with Crippen LogP contribution in [0.25, 0.3) is 5.76 Å². The number of benzene rings is 4. The van der Waals surface area contributed by atoms with Crippen molar-refractivity contribution in [1.82, 2.24) is 0 Å². The highest BCUT2D eigenvalue weighted by molar-refractivity contribution is 6.52. The predicted molar refractivity (Wildman–Crippen MR) is 153 cm³/mol. The summed E-state index contributed by atoms with van der Waals surface area (Å²) in [5, 5.41) is 0. The van der Waals surface area contributed by atoms with Crippen LogP contribution in [0.5, 0.6) is 0 Å². The lowest BCUT2D eigenvalue weighted by Crippen LogP contribution is -2.31. The molecular formula is C31H29BF2N2O2. The van der Waals surface area contributed by atoms with Gasteiger partial charge in [0.15, 0.2) is 0 Å². The van der Waals surface area contributed by atoms with Crippen molar-refractivity contribution >= 4 is 41.4 Å². The number of anilines is 4. The average molecular weight is 510 g/mol. The molecule has 4 aromatic rings. The zero-order valence-corrected chi connectivity index (χ0v) is 21.9. The predicted octanol–water partition coefficient (Wildman–Crippen LogP) is 8.00. The fourth-order valence-electron chi connectivity index (χ4n) is 4.38. The summed E-state index contributed by atoms with van der Waals surface area (Å²) in [4.78, 5) is 4.00. The number of nitrogens with zero attached hydrogens (tertiary/aromatic N) is 2. The van der Waals surface area contributed by atoms with Gasteiger partial charge < -0.3 is 27.4 Å². The summed E-state index contributed by atoms with van der Waals surface area (Å²) < 4.78 is 39.6. The Hall–Kier alpha value is -4.39. The third kappa shape index (κ3) is 5.47. The van der Waals surface area contributed by atoms with Gasteiger partial charge >= 0.3 is 7.11 Å². The maximum atomic E-state index is 14.7. The molecule has 0 amide bonds. The molecule has 7 heteroatoms. The van der Waals surface area contributed by atoms with Crippen LogP contribution >= 0.6 is 0 Å². The van der Waals surface area contributed by atoms with Crippen molar-refractivity contribution < 1.29 is 17.6 Å². The number of rotatable bonds is 6. The third-order valence-electron chi connectivity index (χ3n) is 6.41. The van der Waals surface area contributed by atoms with Gasteiger partial charge in [-0.3, -0.25) is 0 Å². The van der Waals surface area contributed by atoms with E-state index >= 15 is 0 Å². The second-order valence-electron chi connectivity index (χ2n) is 9.65. The van der Waals surface area contributed by atoms with E-state index in [0.717, 1.165) is 33.9 Å². The van der Waals surface area contributed by atoms with Gasteiger partial charge in [-0.05, 0) is 68.4 Å². The summed E-state index contributed by atoms with van der Waals surface area (Å²) in [6, 6.07) is 31.1. The van der Waals surface area contributed by atoms with Crippen molar-refractivity contribution in [2.45, 2.75) is 13.8 Å². The molecule has 1 heterocycles. The van der Waals surface area contributed by atoms with Crippen molar-refractivity contribution in [3.63, 3.8) is 0 Å². The fraction of sp³-hybridized carbons (Fsp3) is 0.129. The van der Waals surface area contributed by atoms with Gasteiger partial charge in [0.1, 0.15) is 0 Å². The van der Waals surface area contributed by atoms with E-state index in [0.29, 0.717) is 11.1 Å². The summed E-state index contributed by atoms with van der Waals surface area (Å²) in [6.07, 6.45) is 1.54. The minimum atomic E-state index is -4.54. The molecule has 0 aliphatic carbocycles. The summed E-state index contributed by atoms with van der Waals surface area (Å²) in [5.74, 6) is 0.125. The molecule has 0 aromatic heterocycles. The number of carbonyl (C=O) groups excluding carboxylic acids is 1. The van der Waals surface area contributed by atoms with Crippen molar-refractivity contribution in [3.05, 3.63) is 125 Å². The molecule has 0 unspecified atom stereocenters. The molecule has 4 aromatic carbocycles. The topological polar surface area (TPSA) is 27.0 Å². The smallest absolute Gasteiger partial charge is 0.569 e. The van der Waals surface area contributed by atoms with Crippen LogP contribution in [0.2, 0.25) is 0 Å². The van der Waals surface area contributed by atoms with E-state index in [2.05, 4.69) is 29.2 Å². The summed E-state index contributed by atoms with van der Waals surface area (Å²) in [6.45, 7) is 4.08. The van der Waals surface area contributed by atoms with Gasteiger partial charge in [-0.25, -0.2) is 0 Å². The monoisotopic (exact) mass is 510 g/mol. The van der Waals surface area contributed by atoms with Crippen LogP contribution < -0.4 is 9.80 Å². The Labute approximate surface area is 222 Å². The second-order valence-corrected chi connectivity index (χ2v) is 9.65. The molecule has 0 radical (unpaired) electrons. The van der Waals surface area contributed by atoms with Gasteiger partial charge in [0, 0.05) is 42.4 Å². The number of ketones is 1. The normalized spacial score (nSPS) is 14.3. The van der Waals surface area contributed by atoms with E-state index in [-0.39, 0.29) is 11.5 Å². The number of hydrogen-bond donors (Lipinski definition) is 0. The third-order valence-corrected chi connectivity index (χ3v) is 6.41. The van der Waals surface area contributed by atoms with Gasteiger partial charge in [0.25, 0.3) is 5.78 Å². The molecule has 192 valence electrons. The molecular weight excluding hydrogens is 481 g/mol. The number of halogens is 2. The minimum absolute atomic E-state index is 0.0566. The molecule has 1 aliphatic heterocycles. The summed E-state index contributed by atoms with van der Waals surface area (Å²) >= 11 is 0. The summed E-state index contributed by atoms with van der Waals surface area (Å²) in [7, 11) is -0.751. The van der Waals surface area contributed by atoms with Gasteiger partial charge in [-0.15, -0.1) is 0 Å². The number of allylic oxidation sites excluding steroid dienone is 1. The van der Waals surface area contributed by atoms with Gasteiger partial charge in [-0.1, -0.05) is 53.6 Å². The Balaban J connectivity index is 1.58. The second kappa shape index (κ2) is 10.2. The molecule has 5 rings (SSSR count). The van der Waals surface area contributed by atoms with Gasteiger partial charge in [-0.2, -0.15) is 0 Å². The van der Waals surface area contributed by atoms with E-state index in [1.54, 1.807) is 12.1 Å². The molecule has 1 aliphatic rings. The highest BCUT2D eigenvalue weighted by Crippen LogP contribution is 2.36. The molecule has 4 nitrogen and oxygen atoms in total. The standard InChI is InChI=1S/C31H29BF2N2O2/c1-22-11-15-26(16-12-22)36(27-17-13-23(2)14-18-27)29-10-6-8-25(20-29)31-21-30(37-32(33,34)38-31)24-7-5-9-28(19-24)35(3)4/h5-21H,1-4H3. The average Bonchev–Trinajstić information content (AvgIpc) is 2.90. The van der Waals surface area contributed by atoms with E-state index in [1.807, 2.05) is 93.5 Å². The molecule has 0 bridgehead atoms. The Morgan fingerprint density at radius 1 is 0.658 bits per heavy atom. The van der Waals surface area contributed by atoms with Gasteiger partial charge in [0.2, 0.25) is 0 Å². The van der Waals surface area contributed by atoms with E-state index in [1.165, 1.54) is 6.08 Å². The van der Waals surface area contributed by atoms with Crippen LogP contribution in [0.3, 0.4) is 0 Å². The maximum absolute atomic E-state index is 14.7. The highest BCUT2D eigenvalue weighted by atomic mass is 19.3. The van der Waals surface area contributed by atoms with Crippen molar-refractivity contribution in [2.24, 2.45) is 0 Å². The zero-order chi connectivity index (χ0) is 26.9. The molecule has 0 atom stereocenters. The number of aryl methyl sites for hydroxylation is 2. The fourth-order valence-corrected chi connectivity index (χ4v) is 4.38. The van der Waals surface area contributed by atoms with Crippen molar-refractivity contribution in [1.29, 1.82) is 0 Å². The lowest BCUT2D eigenvalue weighted by atomic mass is 10.0. The molecule has 0 N–H and O–H groups in total. The quantitative estimate of drug-likeness (QED) is 0.194. The molecule has 0 saturated heterocycles. The lowest BCUT2D eigenvalue weighted by Gasteiger charge is -2.26. The van der Waals surface area contributed by atoms with E-state index in [4.69, 9.17) is 9.00 Å². The largest absolute Gasteiger partial charge is 0.995 e. The molecule has 0 spiro atoms. The Kier molecular flexibility index (Phi) is 6.76. The first-order chi connectivity index (χ1) is 18.2. The van der Waals surface area contributed by atoms with Crippen LogP contribution in [-0.4, -0.2) is 27.0 Å². The van der Waals surface area contributed by atoms with E-state index < -0.39 is 7.11 Å². The lowest BCUT2D eigenvalue weighted by molar-refractivity contribution is -0.183. The minimum Gasteiger partial charge on any atom is -0.569 e. The van der Waals surface area contributed by atoms with Crippen LogP contribution in [-0.2, 0) is 4.65 Å². The Morgan fingerprint density at radius 3 is 1.76 bits per heavy atom. The molecule has 0 saturated carbocycles. The van der Waals surface area contributed by atoms with Crippen LogP contribution in [0.1, 0.15) is 26.6 Å². The Morgan fingerprint density at radius 2 is 1.18 bits per heavy atom. The van der Waals surface area contributed by atoms with Crippen LogP contribution in [0.15, 0.2) is 103 Å². The van der Waals surface area contributed by atoms with Crippen molar-refractivity contribution in [2.75, 3.05) is 23.9 Å². The first kappa shape index (κ1) is 25.3. The first-order valence-electron chi connectivity index (χ1n) is 12.5. The molecule has 38 heavy (non-hydrogen) atoms. The van der Waals surface area contributed by atoms with Gasteiger partial charge in [0.05, 0.1) is 17.4 Å². The van der Waals surface area contributed by atoms with E-state index in [9.17, 15) is 8.63 Å². The number of hydrogen-bond acceptors (Lipinski definition) is 3. The molecule has 0 fully saturated rings. The van der Waals surface area contributed by atoms with Crippen molar-refractivity contribution in [3.8, 4) is 0 Å². The highest BCUT2D eigenvalue weighted by Gasteiger charge is 2.53. The Bertz CT molecular complexity index is 1470. The van der Waals surface area contributed by atoms with Crippen LogP contribution in [0.4, 0.5) is 31.4 Å². The SMILES string of the molecule is Cc1ccc(N(c2ccc(C)cc2)c2cccc(C3=[O+][B-](F)(F)OC(c4cccc(N(C)C)c4)=C3)c2)cc1. The summed E-state index contributed by atoms with van der Waals surface area (Å²) in [5.41, 5.74) is 6.99. The maximum Gasteiger partial charge on any atom is 0.995 e.